The highest BCUT2D eigenvalue weighted by Crippen LogP contribution is 2.32. The van der Waals surface area contributed by atoms with E-state index in [1.807, 2.05) is 13.0 Å². The highest BCUT2D eigenvalue weighted by atomic mass is 16.1. The van der Waals surface area contributed by atoms with Crippen LogP contribution in [0.15, 0.2) is 46.6 Å². The van der Waals surface area contributed by atoms with Crippen molar-refractivity contribution in [3.8, 4) is 0 Å². The summed E-state index contributed by atoms with van der Waals surface area (Å²) in [6.07, 6.45) is 2.38. The summed E-state index contributed by atoms with van der Waals surface area (Å²) in [5, 5.41) is 0. The van der Waals surface area contributed by atoms with Gasteiger partial charge in [-0.2, -0.15) is 0 Å². The number of hydrogen-bond donors (Lipinski definition) is 1. The van der Waals surface area contributed by atoms with Crippen molar-refractivity contribution in [3.05, 3.63) is 47.2 Å². The van der Waals surface area contributed by atoms with E-state index in [0.717, 1.165) is 30.5 Å². The van der Waals surface area contributed by atoms with Gasteiger partial charge in [-0.05, 0) is 19.4 Å². The second-order valence-electron chi connectivity index (χ2n) is 6.14. The van der Waals surface area contributed by atoms with Gasteiger partial charge in [0.15, 0.2) is 0 Å². The quantitative estimate of drug-likeness (QED) is 0.517. The van der Waals surface area contributed by atoms with Crippen molar-refractivity contribution in [2.75, 3.05) is 13.1 Å². The van der Waals surface area contributed by atoms with Crippen LogP contribution in [0.2, 0.25) is 0 Å². The van der Waals surface area contributed by atoms with Crippen molar-refractivity contribution >= 4 is 12.1 Å². The number of nitrogens with two attached hydrogens (primary N) is 1. The number of aliphatic imine (C=N–C) groups is 1. The molecule has 0 aliphatic carbocycles. The summed E-state index contributed by atoms with van der Waals surface area (Å²) in [6, 6.07) is 10.4. The summed E-state index contributed by atoms with van der Waals surface area (Å²) < 4.78 is 0. The first-order chi connectivity index (χ1) is 10.5. The van der Waals surface area contributed by atoms with Crippen molar-refractivity contribution in [2.24, 2.45) is 10.7 Å². The molecule has 0 bridgehead atoms. The van der Waals surface area contributed by atoms with Crippen molar-refractivity contribution < 1.29 is 4.79 Å². The van der Waals surface area contributed by atoms with Crippen molar-refractivity contribution in [1.29, 1.82) is 0 Å². The second-order valence-corrected chi connectivity index (χ2v) is 6.14. The fourth-order valence-electron chi connectivity index (χ4n) is 2.77. The molecule has 2 N–H and O–H groups in total. The Morgan fingerprint density at radius 2 is 2.05 bits per heavy atom. The van der Waals surface area contributed by atoms with E-state index in [1.165, 1.54) is 5.56 Å². The van der Waals surface area contributed by atoms with Crippen LogP contribution in [-0.4, -0.2) is 30.1 Å². The molecular weight excluding hydrogens is 274 g/mol. The van der Waals surface area contributed by atoms with Crippen LogP contribution in [0.1, 0.15) is 39.2 Å². The first-order valence-corrected chi connectivity index (χ1v) is 7.79. The van der Waals surface area contributed by atoms with Gasteiger partial charge in [0.05, 0.1) is 11.5 Å². The fourth-order valence-corrected chi connectivity index (χ4v) is 2.77. The van der Waals surface area contributed by atoms with Crippen LogP contribution < -0.4 is 5.73 Å². The summed E-state index contributed by atoms with van der Waals surface area (Å²) in [7, 11) is 0. The summed E-state index contributed by atoms with van der Waals surface area (Å²) in [4.78, 5) is 18.2. The molecule has 0 fully saturated rings. The van der Waals surface area contributed by atoms with Gasteiger partial charge in [-0.3, -0.25) is 9.69 Å². The van der Waals surface area contributed by atoms with E-state index in [2.05, 4.69) is 48.0 Å². The van der Waals surface area contributed by atoms with E-state index in [9.17, 15) is 4.79 Å². The molecule has 0 saturated heterocycles. The van der Waals surface area contributed by atoms with Gasteiger partial charge in [-0.25, -0.2) is 4.99 Å². The van der Waals surface area contributed by atoms with Crippen LogP contribution in [-0.2, 0) is 10.3 Å². The molecule has 22 heavy (non-hydrogen) atoms. The lowest BCUT2D eigenvalue weighted by atomic mass is 9.90. The maximum absolute atomic E-state index is 11.5. The monoisotopic (exact) mass is 299 g/mol. The number of amidine groups is 1. The predicted molar refractivity (Wildman–Crippen MR) is 90.7 cm³/mol. The van der Waals surface area contributed by atoms with Gasteiger partial charge in [0.2, 0.25) is 0 Å². The maximum Gasteiger partial charge on any atom is 0.149 e. The van der Waals surface area contributed by atoms with Crippen molar-refractivity contribution in [3.63, 3.8) is 0 Å². The van der Waals surface area contributed by atoms with E-state index in [4.69, 9.17) is 5.73 Å². The van der Waals surface area contributed by atoms with Crippen molar-refractivity contribution in [1.82, 2.24) is 4.90 Å². The van der Waals surface area contributed by atoms with E-state index < -0.39 is 0 Å². The van der Waals surface area contributed by atoms with E-state index in [0.29, 0.717) is 18.8 Å². The highest BCUT2D eigenvalue weighted by Gasteiger charge is 2.32. The smallest absolute Gasteiger partial charge is 0.149 e. The number of benzene rings is 1. The minimum Gasteiger partial charge on any atom is -0.387 e. The summed E-state index contributed by atoms with van der Waals surface area (Å²) in [6.45, 7) is 7.84. The van der Waals surface area contributed by atoms with Crippen LogP contribution in [0.5, 0.6) is 0 Å². The van der Waals surface area contributed by atoms with Gasteiger partial charge in [-0.1, -0.05) is 37.3 Å². The van der Waals surface area contributed by atoms with Crippen LogP contribution in [0.3, 0.4) is 0 Å². The standard InChI is InChI=1S/C18H25N3O/c1-4-17(19)20-16-10-11-21(12-14(16)13-22)18(2,3)15-8-6-5-7-9-15/h5-9,13H,4,10-12H2,1-3H3,(H2,19,20). The molecule has 1 aromatic rings. The normalized spacial score (nSPS) is 17.7. The molecule has 1 aliphatic rings. The molecule has 0 unspecified atom stereocenters. The largest absolute Gasteiger partial charge is 0.387 e. The summed E-state index contributed by atoms with van der Waals surface area (Å²) in [5.41, 5.74) is 8.53. The third-order valence-corrected chi connectivity index (χ3v) is 4.40. The molecule has 0 aromatic heterocycles. The molecule has 0 spiro atoms. The molecule has 118 valence electrons. The average molecular weight is 299 g/mol. The Morgan fingerprint density at radius 3 is 2.64 bits per heavy atom. The van der Waals surface area contributed by atoms with Crippen molar-refractivity contribution in [2.45, 2.75) is 39.2 Å². The number of aldehydes is 1. The molecule has 4 heteroatoms. The first-order valence-electron chi connectivity index (χ1n) is 7.79. The van der Waals surface area contributed by atoms with Gasteiger partial charge >= 0.3 is 0 Å². The topological polar surface area (TPSA) is 58.7 Å². The lowest BCUT2D eigenvalue weighted by Gasteiger charge is -2.41. The first kappa shape index (κ1) is 16.4. The van der Waals surface area contributed by atoms with Crippen LogP contribution in [0.4, 0.5) is 0 Å². The van der Waals surface area contributed by atoms with Crippen LogP contribution in [0.25, 0.3) is 0 Å². The Morgan fingerprint density at radius 1 is 1.36 bits per heavy atom. The highest BCUT2D eigenvalue weighted by molar-refractivity contribution is 5.83. The lowest BCUT2D eigenvalue weighted by molar-refractivity contribution is -0.105. The maximum atomic E-state index is 11.5. The molecule has 4 nitrogen and oxygen atoms in total. The Kier molecular flexibility index (Phi) is 5.14. The van der Waals surface area contributed by atoms with E-state index >= 15 is 0 Å². The minimum absolute atomic E-state index is 0.124. The molecule has 0 radical (unpaired) electrons. The van der Waals surface area contributed by atoms with Crippen LogP contribution in [0, 0.1) is 0 Å². The molecule has 1 aliphatic heterocycles. The van der Waals surface area contributed by atoms with Gasteiger partial charge in [0.1, 0.15) is 6.29 Å². The second kappa shape index (κ2) is 6.88. The molecule has 1 heterocycles. The Labute approximate surface area is 132 Å². The Hall–Kier alpha value is -1.94. The lowest BCUT2D eigenvalue weighted by Crippen LogP contribution is -2.45. The van der Waals surface area contributed by atoms with Gasteiger partial charge < -0.3 is 5.73 Å². The minimum atomic E-state index is -0.124. The zero-order valence-electron chi connectivity index (χ0n) is 13.7. The summed E-state index contributed by atoms with van der Waals surface area (Å²) >= 11 is 0. The zero-order valence-corrected chi connectivity index (χ0v) is 13.7. The van der Waals surface area contributed by atoms with Gasteiger partial charge in [0, 0.05) is 37.0 Å². The Bertz CT molecular complexity index is 588. The molecular formula is C18H25N3O. The molecule has 1 aromatic carbocycles. The van der Waals surface area contributed by atoms with E-state index in [-0.39, 0.29) is 5.54 Å². The average Bonchev–Trinajstić information content (AvgIpc) is 2.55. The Balaban J connectivity index is 2.26. The number of nitrogens with zero attached hydrogens (tertiary/aromatic N) is 2. The third-order valence-electron chi connectivity index (χ3n) is 4.40. The third kappa shape index (κ3) is 3.45. The number of hydrogen-bond acceptors (Lipinski definition) is 3. The number of rotatable bonds is 5. The summed E-state index contributed by atoms with van der Waals surface area (Å²) in [5.74, 6) is 0.588. The van der Waals surface area contributed by atoms with Gasteiger partial charge in [0.25, 0.3) is 0 Å². The number of carbonyl (C=O) groups is 1. The number of carbonyl (C=O) groups excluding carboxylic acids is 1. The predicted octanol–water partition coefficient (Wildman–Crippen LogP) is 2.85. The molecule has 0 saturated carbocycles. The fraction of sp³-hybridized carbons (Fsp3) is 0.444. The van der Waals surface area contributed by atoms with Crippen LogP contribution >= 0.6 is 0 Å². The van der Waals surface area contributed by atoms with E-state index in [1.54, 1.807) is 0 Å². The molecule has 0 atom stereocenters. The SMILES string of the molecule is CCC(N)=NC1=C(C=O)CN(C(C)(C)c2ccccc2)CC1. The molecule has 2 rings (SSSR count). The molecule has 0 amide bonds. The zero-order chi connectivity index (χ0) is 16.2. The van der Waals surface area contributed by atoms with Gasteiger partial charge in [-0.15, -0.1) is 0 Å².